The number of anilines is 1. The van der Waals surface area contributed by atoms with Crippen molar-refractivity contribution in [3.8, 4) is 11.4 Å². The van der Waals surface area contributed by atoms with E-state index >= 15 is 0 Å². The lowest BCUT2D eigenvalue weighted by molar-refractivity contribution is -0.159. The Morgan fingerprint density at radius 1 is 1.18 bits per heavy atom. The van der Waals surface area contributed by atoms with Gasteiger partial charge in [-0.15, -0.1) is 0 Å². The first-order chi connectivity index (χ1) is 15.6. The van der Waals surface area contributed by atoms with Gasteiger partial charge in [-0.3, -0.25) is 4.57 Å². The molecule has 0 saturated carbocycles. The van der Waals surface area contributed by atoms with Gasteiger partial charge in [-0.1, -0.05) is 5.16 Å². The number of alkyl halides is 3. The summed E-state index contributed by atoms with van der Waals surface area (Å²) in [5, 5.41) is 5.83. The zero-order valence-corrected chi connectivity index (χ0v) is 17.7. The van der Waals surface area contributed by atoms with E-state index in [0.717, 1.165) is 12.1 Å². The molecule has 4 rings (SSSR count). The summed E-state index contributed by atoms with van der Waals surface area (Å²) in [5.41, 5.74) is 0.620. The lowest BCUT2D eigenvalue weighted by atomic mass is 10.2. The fraction of sp³-hybridized carbons (Fsp3) is 0.211. The molecule has 3 aromatic heterocycles. The van der Waals surface area contributed by atoms with Crippen LogP contribution >= 0.6 is 7.52 Å². The van der Waals surface area contributed by atoms with Crippen LogP contribution < -0.4 is 5.09 Å². The van der Waals surface area contributed by atoms with Crippen molar-refractivity contribution in [2.24, 2.45) is 0 Å². The number of aromatic nitrogens is 4. The van der Waals surface area contributed by atoms with Gasteiger partial charge in [-0.05, 0) is 31.2 Å². The maximum Gasteiger partial charge on any atom is 0.471 e. The number of imidazole rings is 1. The quantitative estimate of drug-likeness (QED) is 0.271. The molecule has 0 fully saturated rings. The molecule has 14 heteroatoms. The predicted molar refractivity (Wildman–Crippen MR) is 106 cm³/mol. The zero-order chi connectivity index (χ0) is 23.8. The van der Waals surface area contributed by atoms with E-state index in [1.54, 1.807) is 11.3 Å². The van der Waals surface area contributed by atoms with Gasteiger partial charge >= 0.3 is 12.1 Å². The van der Waals surface area contributed by atoms with Crippen LogP contribution in [-0.2, 0) is 21.4 Å². The molecule has 0 bridgehead atoms. The molecule has 1 unspecified atom stereocenters. The second-order valence-corrected chi connectivity index (χ2v) is 8.96. The first-order valence-electron chi connectivity index (χ1n) is 9.42. The minimum atomic E-state index is -4.77. The molecule has 4 aromatic rings. The largest absolute Gasteiger partial charge is 0.471 e. The van der Waals surface area contributed by atoms with Crippen LogP contribution in [0.2, 0.25) is 0 Å². The number of pyridine rings is 1. The standard InChI is InChI=1S/C19H15F5N5O3P/c1-2-31-33(30,28-15-4-3-12(20)8-14(15)21)10-13-9-29-6-5-11(7-16(29)25-13)17-26-18(32-27-17)19(22,23)24/h3-9H,2,10H2,1H3,(H,28,30). The van der Waals surface area contributed by atoms with E-state index in [9.17, 15) is 26.5 Å². The number of fused-ring (bicyclic) bond motifs is 1. The summed E-state index contributed by atoms with van der Waals surface area (Å²) in [6.07, 6.45) is -1.98. The molecule has 0 aliphatic rings. The highest BCUT2D eigenvalue weighted by molar-refractivity contribution is 7.59. The number of nitrogens with zero attached hydrogens (tertiary/aromatic N) is 4. The van der Waals surface area contributed by atoms with E-state index < -0.39 is 31.2 Å². The Kier molecular flexibility index (Phi) is 5.93. The highest BCUT2D eigenvalue weighted by Gasteiger charge is 2.38. The summed E-state index contributed by atoms with van der Waals surface area (Å²) >= 11 is 0. The van der Waals surface area contributed by atoms with E-state index in [-0.39, 0.29) is 29.8 Å². The molecule has 33 heavy (non-hydrogen) atoms. The lowest BCUT2D eigenvalue weighted by Crippen LogP contribution is -2.06. The summed E-state index contributed by atoms with van der Waals surface area (Å²) in [6, 6.07) is 5.64. The van der Waals surface area contributed by atoms with Crippen molar-refractivity contribution >= 4 is 18.9 Å². The molecule has 174 valence electrons. The van der Waals surface area contributed by atoms with Crippen LogP contribution in [0.15, 0.2) is 47.2 Å². The van der Waals surface area contributed by atoms with Gasteiger partial charge in [-0.25, -0.2) is 13.8 Å². The molecular weight excluding hydrogens is 472 g/mol. The molecule has 0 spiro atoms. The van der Waals surface area contributed by atoms with Gasteiger partial charge < -0.3 is 18.5 Å². The van der Waals surface area contributed by atoms with Gasteiger partial charge in [0.2, 0.25) is 5.82 Å². The molecule has 1 N–H and O–H groups in total. The Bertz CT molecular complexity index is 1350. The van der Waals surface area contributed by atoms with Crippen molar-refractivity contribution in [2.75, 3.05) is 11.7 Å². The van der Waals surface area contributed by atoms with E-state index in [1.165, 1.54) is 24.5 Å². The summed E-state index contributed by atoms with van der Waals surface area (Å²) in [7, 11) is -3.70. The van der Waals surface area contributed by atoms with E-state index in [2.05, 4.69) is 24.7 Å². The molecule has 0 aliphatic carbocycles. The van der Waals surface area contributed by atoms with Gasteiger partial charge in [0.25, 0.3) is 7.52 Å². The summed E-state index contributed by atoms with van der Waals surface area (Å²) < 4.78 is 89.7. The van der Waals surface area contributed by atoms with Gasteiger partial charge in [-0.2, -0.15) is 18.2 Å². The fourth-order valence-corrected chi connectivity index (χ4v) is 4.79. The normalized spacial score (nSPS) is 13.9. The Morgan fingerprint density at radius 2 is 1.97 bits per heavy atom. The Balaban J connectivity index is 1.60. The summed E-state index contributed by atoms with van der Waals surface area (Å²) in [6.45, 7) is 1.65. The summed E-state index contributed by atoms with van der Waals surface area (Å²) in [5.74, 6) is -3.47. The molecule has 3 heterocycles. The maximum atomic E-state index is 14.0. The number of nitrogens with one attached hydrogen (secondary N) is 1. The van der Waals surface area contributed by atoms with Crippen molar-refractivity contribution in [1.29, 1.82) is 0 Å². The van der Waals surface area contributed by atoms with Crippen LogP contribution in [0.3, 0.4) is 0 Å². The molecule has 1 atom stereocenters. The van der Waals surface area contributed by atoms with Crippen molar-refractivity contribution in [1.82, 2.24) is 19.5 Å². The van der Waals surface area contributed by atoms with E-state index in [1.807, 2.05) is 0 Å². The van der Waals surface area contributed by atoms with Crippen molar-refractivity contribution < 1.29 is 35.6 Å². The topological polar surface area (TPSA) is 94.5 Å². The van der Waals surface area contributed by atoms with Crippen LogP contribution in [0, 0.1) is 11.6 Å². The average Bonchev–Trinajstić information content (AvgIpc) is 3.36. The first kappa shape index (κ1) is 22.9. The lowest BCUT2D eigenvalue weighted by Gasteiger charge is -2.19. The van der Waals surface area contributed by atoms with Crippen LogP contribution in [0.1, 0.15) is 18.5 Å². The molecule has 8 nitrogen and oxygen atoms in total. The molecule has 0 saturated heterocycles. The van der Waals surface area contributed by atoms with Gasteiger partial charge in [0.05, 0.1) is 24.2 Å². The van der Waals surface area contributed by atoms with E-state index in [0.29, 0.717) is 17.4 Å². The second-order valence-electron chi connectivity index (χ2n) is 6.82. The third-order valence-corrected chi connectivity index (χ3v) is 6.36. The first-order valence-corrected chi connectivity index (χ1v) is 11.2. The Morgan fingerprint density at radius 3 is 2.64 bits per heavy atom. The van der Waals surface area contributed by atoms with Crippen molar-refractivity contribution in [3.63, 3.8) is 0 Å². The predicted octanol–water partition coefficient (Wildman–Crippen LogP) is 5.52. The monoisotopic (exact) mass is 487 g/mol. The number of hydrogen-bond donors (Lipinski definition) is 1. The van der Waals surface area contributed by atoms with Crippen LogP contribution in [0.4, 0.5) is 27.6 Å². The smallest absolute Gasteiger partial charge is 0.329 e. The van der Waals surface area contributed by atoms with E-state index in [4.69, 9.17) is 4.52 Å². The third-order valence-electron chi connectivity index (χ3n) is 4.37. The fourth-order valence-electron chi connectivity index (χ4n) is 3.01. The third kappa shape index (κ3) is 5.04. The highest BCUT2D eigenvalue weighted by Crippen LogP contribution is 2.50. The Labute approximate surface area is 182 Å². The molecule has 0 aliphatic heterocycles. The van der Waals surface area contributed by atoms with Gasteiger partial charge in [0.1, 0.15) is 17.3 Å². The molecule has 1 aromatic carbocycles. The second kappa shape index (κ2) is 8.56. The van der Waals surface area contributed by atoms with Crippen LogP contribution in [-0.4, -0.2) is 26.1 Å². The number of hydrogen-bond acceptors (Lipinski definition) is 6. The molecule has 0 radical (unpaired) electrons. The average molecular weight is 487 g/mol. The number of benzene rings is 1. The van der Waals surface area contributed by atoms with Crippen molar-refractivity contribution in [3.05, 3.63) is 65.9 Å². The van der Waals surface area contributed by atoms with Gasteiger partial charge in [0, 0.05) is 24.0 Å². The minimum Gasteiger partial charge on any atom is -0.329 e. The number of halogens is 5. The molecule has 0 amide bonds. The molecular formula is C19H15F5N5O3P. The minimum absolute atomic E-state index is 0.0456. The highest BCUT2D eigenvalue weighted by atomic mass is 31.2. The van der Waals surface area contributed by atoms with Crippen molar-refractivity contribution in [2.45, 2.75) is 19.3 Å². The SMILES string of the molecule is CCOP(=O)(Cc1cn2ccc(-c3noc(C(F)(F)F)n3)cc2n1)Nc1ccc(F)cc1F. The maximum absolute atomic E-state index is 14.0. The number of rotatable bonds is 7. The van der Waals surface area contributed by atoms with Crippen LogP contribution in [0.5, 0.6) is 0 Å². The van der Waals surface area contributed by atoms with Crippen LogP contribution in [0.25, 0.3) is 17.0 Å². The van der Waals surface area contributed by atoms with Gasteiger partial charge in [0.15, 0.2) is 0 Å². The zero-order valence-electron chi connectivity index (χ0n) is 16.8. The summed E-state index contributed by atoms with van der Waals surface area (Å²) in [4.78, 5) is 7.64. The Hall–Kier alpha value is -3.31.